The number of carbonyl (C=O) groups excluding carboxylic acids is 2. The number of esters is 1. The Bertz CT molecular complexity index is 994. The van der Waals surface area contributed by atoms with E-state index in [0.29, 0.717) is 23.1 Å². The molecule has 2 aromatic carbocycles. The van der Waals surface area contributed by atoms with Crippen molar-refractivity contribution >= 4 is 46.6 Å². The predicted molar refractivity (Wildman–Crippen MR) is 110 cm³/mol. The van der Waals surface area contributed by atoms with Gasteiger partial charge in [0.1, 0.15) is 0 Å². The van der Waals surface area contributed by atoms with Crippen LogP contribution >= 0.6 is 23.4 Å². The third kappa shape index (κ3) is 5.97. The highest BCUT2D eigenvalue weighted by Crippen LogP contribution is 2.20. The molecule has 0 fully saturated rings. The molecule has 10 heteroatoms. The lowest BCUT2D eigenvalue weighted by Crippen LogP contribution is -2.17. The van der Waals surface area contributed by atoms with Crippen molar-refractivity contribution in [3.8, 4) is 0 Å². The maximum absolute atomic E-state index is 12.2. The number of methoxy groups -OCH3 is 1. The molecule has 29 heavy (non-hydrogen) atoms. The quantitative estimate of drug-likeness (QED) is 0.408. The molecule has 0 unspecified atom stereocenters. The van der Waals surface area contributed by atoms with Gasteiger partial charge >= 0.3 is 5.97 Å². The molecule has 0 aliphatic carbocycles. The number of benzene rings is 2. The van der Waals surface area contributed by atoms with Crippen molar-refractivity contribution in [3.63, 3.8) is 0 Å². The summed E-state index contributed by atoms with van der Waals surface area (Å²) in [6, 6.07) is 13.8. The van der Waals surface area contributed by atoms with Gasteiger partial charge in [0.2, 0.25) is 11.8 Å². The van der Waals surface area contributed by atoms with Gasteiger partial charge in [-0.2, -0.15) is 0 Å². The molecule has 0 saturated heterocycles. The van der Waals surface area contributed by atoms with Gasteiger partial charge in [-0.1, -0.05) is 35.5 Å². The number of carbonyl (C=O) groups is 2. The van der Waals surface area contributed by atoms with Crippen molar-refractivity contribution in [2.45, 2.75) is 11.8 Å². The average Bonchev–Trinajstić information content (AvgIpc) is 3.19. The van der Waals surface area contributed by atoms with Crippen LogP contribution in [0.1, 0.15) is 16.2 Å². The third-order valence-electron chi connectivity index (χ3n) is 3.67. The van der Waals surface area contributed by atoms with Crippen LogP contribution in [-0.4, -0.2) is 34.9 Å². The first-order chi connectivity index (χ1) is 14.0. The summed E-state index contributed by atoms with van der Waals surface area (Å²) in [5.74, 6) is -0.408. The molecule has 3 aromatic rings. The van der Waals surface area contributed by atoms with E-state index in [0.717, 1.165) is 17.4 Å². The lowest BCUT2D eigenvalue weighted by Gasteiger charge is -2.08. The topological polar surface area (TPSA) is 106 Å². The molecule has 0 aliphatic heterocycles. The van der Waals surface area contributed by atoms with Crippen LogP contribution in [0.5, 0.6) is 0 Å². The van der Waals surface area contributed by atoms with Gasteiger partial charge in [0, 0.05) is 10.7 Å². The van der Waals surface area contributed by atoms with E-state index in [1.165, 1.54) is 7.11 Å². The Morgan fingerprint density at radius 2 is 1.90 bits per heavy atom. The number of para-hydroxylation sites is 1. The van der Waals surface area contributed by atoms with Gasteiger partial charge in [0.05, 0.1) is 30.7 Å². The summed E-state index contributed by atoms with van der Waals surface area (Å²) in [4.78, 5) is 24.0. The Labute approximate surface area is 176 Å². The molecule has 0 spiro atoms. The van der Waals surface area contributed by atoms with Crippen molar-refractivity contribution in [2.75, 3.05) is 23.5 Å². The molecule has 1 amide bonds. The minimum atomic E-state index is -0.525. The second-order valence-corrected chi connectivity index (χ2v) is 7.06. The van der Waals surface area contributed by atoms with Crippen LogP contribution in [0.2, 0.25) is 5.02 Å². The third-order valence-corrected chi connectivity index (χ3v) is 4.74. The number of thioether (sulfide) groups is 1. The van der Waals surface area contributed by atoms with Crippen molar-refractivity contribution in [3.05, 3.63) is 65.0 Å². The van der Waals surface area contributed by atoms with E-state index in [1.807, 2.05) is 12.1 Å². The number of nitrogens with zero attached hydrogens (tertiary/aromatic N) is 2. The summed E-state index contributed by atoms with van der Waals surface area (Å²) in [6.07, 6.45) is 0. The monoisotopic (exact) mass is 432 g/mol. The van der Waals surface area contributed by atoms with Gasteiger partial charge in [-0.15, -0.1) is 10.2 Å². The molecule has 150 valence electrons. The normalized spacial score (nSPS) is 10.4. The Balaban J connectivity index is 1.50. The van der Waals surface area contributed by atoms with E-state index in [-0.39, 0.29) is 22.4 Å². The Kier molecular flexibility index (Phi) is 7.09. The fourth-order valence-corrected chi connectivity index (χ4v) is 3.01. The standard InChI is InChI=1S/C19H17ClN4O4S/c1-27-18(26)14-4-2-3-5-15(14)22-16(25)11-29-19-24-23-17(28-19)10-21-13-8-6-12(20)7-9-13/h2-9,21H,10-11H2,1H3,(H,22,25). The van der Waals surface area contributed by atoms with Crippen LogP contribution in [0.3, 0.4) is 0 Å². The first-order valence-corrected chi connectivity index (χ1v) is 9.83. The van der Waals surface area contributed by atoms with E-state index in [9.17, 15) is 9.59 Å². The number of hydrogen-bond acceptors (Lipinski definition) is 8. The summed E-state index contributed by atoms with van der Waals surface area (Å²) in [6.45, 7) is 0.341. The number of halogens is 1. The van der Waals surface area contributed by atoms with Crippen molar-refractivity contribution in [1.82, 2.24) is 10.2 Å². The molecular weight excluding hydrogens is 416 g/mol. The highest BCUT2D eigenvalue weighted by atomic mass is 35.5. The maximum Gasteiger partial charge on any atom is 0.339 e. The van der Waals surface area contributed by atoms with E-state index >= 15 is 0 Å². The zero-order chi connectivity index (χ0) is 20.6. The summed E-state index contributed by atoms with van der Waals surface area (Å²) in [5, 5.41) is 14.6. The average molecular weight is 433 g/mol. The lowest BCUT2D eigenvalue weighted by atomic mass is 10.2. The molecule has 1 heterocycles. The van der Waals surface area contributed by atoms with E-state index in [2.05, 4.69) is 20.8 Å². The second kappa shape index (κ2) is 9.94. The zero-order valence-electron chi connectivity index (χ0n) is 15.3. The summed E-state index contributed by atoms with van der Waals surface area (Å²) in [7, 11) is 1.28. The number of rotatable bonds is 8. The SMILES string of the molecule is COC(=O)c1ccccc1NC(=O)CSc1nnc(CNc2ccc(Cl)cc2)o1. The molecule has 0 aliphatic rings. The minimum absolute atomic E-state index is 0.0434. The highest BCUT2D eigenvalue weighted by molar-refractivity contribution is 7.99. The number of ether oxygens (including phenoxy) is 1. The molecular formula is C19H17ClN4O4S. The smallest absolute Gasteiger partial charge is 0.339 e. The minimum Gasteiger partial charge on any atom is -0.465 e. The van der Waals surface area contributed by atoms with Crippen molar-refractivity contribution < 1.29 is 18.7 Å². The van der Waals surface area contributed by atoms with Crippen LogP contribution in [0.4, 0.5) is 11.4 Å². The Hall–Kier alpha value is -3.04. The second-order valence-electron chi connectivity index (χ2n) is 5.70. The molecule has 0 radical (unpaired) electrons. The number of hydrogen-bond donors (Lipinski definition) is 2. The van der Waals surface area contributed by atoms with Crippen LogP contribution in [0.25, 0.3) is 0 Å². The van der Waals surface area contributed by atoms with E-state index < -0.39 is 5.97 Å². The summed E-state index contributed by atoms with van der Waals surface area (Å²) >= 11 is 6.95. The molecule has 0 bridgehead atoms. The van der Waals surface area contributed by atoms with Crippen LogP contribution in [0.15, 0.2) is 58.2 Å². The summed E-state index contributed by atoms with van der Waals surface area (Å²) in [5.41, 5.74) is 1.52. The molecule has 3 rings (SSSR count). The zero-order valence-corrected chi connectivity index (χ0v) is 16.9. The fraction of sp³-hybridized carbons (Fsp3) is 0.158. The first kappa shape index (κ1) is 20.7. The van der Waals surface area contributed by atoms with Gasteiger partial charge in [0.25, 0.3) is 5.22 Å². The van der Waals surface area contributed by atoms with Crippen LogP contribution in [0, 0.1) is 0 Å². The van der Waals surface area contributed by atoms with Gasteiger partial charge in [-0.3, -0.25) is 4.79 Å². The maximum atomic E-state index is 12.2. The first-order valence-electron chi connectivity index (χ1n) is 8.47. The number of anilines is 2. The molecule has 8 nitrogen and oxygen atoms in total. The molecule has 1 aromatic heterocycles. The van der Waals surface area contributed by atoms with Crippen LogP contribution in [-0.2, 0) is 16.1 Å². The number of aromatic nitrogens is 2. The summed E-state index contributed by atoms with van der Waals surface area (Å²) < 4.78 is 10.2. The van der Waals surface area contributed by atoms with Gasteiger partial charge in [0.15, 0.2) is 0 Å². The number of nitrogens with one attached hydrogen (secondary N) is 2. The Morgan fingerprint density at radius 1 is 1.14 bits per heavy atom. The van der Waals surface area contributed by atoms with Gasteiger partial charge in [-0.25, -0.2) is 4.79 Å². The number of amides is 1. The van der Waals surface area contributed by atoms with Gasteiger partial charge in [-0.05, 0) is 36.4 Å². The van der Waals surface area contributed by atoms with Crippen molar-refractivity contribution in [2.24, 2.45) is 0 Å². The highest BCUT2D eigenvalue weighted by Gasteiger charge is 2.14. The predicted octanol–water partition coefficient (Wildman–Crippen LogP) is 3.85. The van der Waals surface area contributed by atoms with E-state index in [1.54, 1.807) is 36.4 Å². The molecule has 2 N–H and O–H groups in total. The fourth-order valence-electron chi connectivity index (χ4n) is 2.31. The van der Waals surface area contributed by atoms with Crippen molar-refractivity contribution in [1.29, 1.82) is 0 Å². The molecule has 0 atom stereocenters. The van der Waals surface area contributed by atoms with Gasteiger partial charge < -0.3 is 19.8 Å². The Morgan fingerprint density at radius 3 is 2.66 bits per heavy atom. The lowest BCUT2D eigenvalue weighted by molar-refractivity contribution is -0.113. The van der Waals surface area contributed by atoms with E-state index in [4.69, 9.17) is 20.8 Å². The largest absolute Gasteiger partial charge is 0.465 e. The van der Waals surface area contributed by atoms with Crippen LogP contribution < -0.4 is 10.6 Å². The molecule has 0 saturated carbocycles.